The van der Waals surface area contributed by atoms with Crippen molar-refractivity contribution in [2.75, 3.05) is 6.54 Å². The first kappa shape index (κ1) is 13.1. The molecule has 7 heteroatoms. The van der Waals surface area contributed by atoms with Crippen LogP contribution >= 0.6 is 0 Å². The molecule has 0 amide bonds. The van der Waals surface area contributed by atoms with E-state index in [1.54, 1.807) is 12.3 Å². The van der Waals surface area contributed by atoms with Gasteiger partial charge in [-0.2, -0.15) is 4.31 Å². The average molecular weight is 293 g/mol. The summed E-state index contributed by atoms with van der Waals surface area (Å²) in [6.07, 6.45) is 3.47. The van der Waals surface area contributed by atoms with E-state index < -0.39 is 20.9 Å². The fraction of sp³-hybridized carbons (Fsp3) is 0.231. The molecule has 0 aromatic carbocycles. The first-order valence-electron chi connectivity index (χ1n) is 6.12. The second-order valence-corrected chi connectivity index (χ2v) is 6.34. The van der Waals surface area contributed by atoms with Crippen LogP contribution in [-0.2, 0) is 23.0 Å². The normalized spacial score (nSPS) is 15.8. The van der Waals surface area contributed by atoms with Crippen molar-refractivity contribution in [2.45, 2.75) is 18.0 Å². The van der Waals surface area contributed by atoms with Gasteiger partial charge < -0.3 is 0 Å². The minimum Gasteiger partial charge on any atom is -0.261 e. The lowest BCUT2D eigenvalue weighted by Gasteiger charge is -2.26. The van der Waals surface area contributed by atoms with Gasteiger partial charge in [-0.3, -0.25) is 4.98 Å². The van der Waals surface area contributed by atoms with E-state index in [-0.39, 0.29) is 13.1 Å². The molecule has 5 nitrogen and oxygen atoms in total. The molecule has 104 valence electrons. The Morgan fingerprint density at radius 3 is 2.70 bits per heavy atom. The topological polar surface area (TPSA) is 63.2 Å². The Kier molecular flexibility index (Phi) is 3.23. The minimum absolute atomic E-state index is 0.196. The molecule has 2 aromatic rings. The zero-order chi connectivity index (χ0) is 14.2. The van der Waals surface area contributed by atoms with Crippen LogP contribution < -0.4 is 0 Å². The van der Waals surface area contributed by atoms with Crippen molar-refractivity contribution in [3.05, 3.63) is 53.7 Å². The number of nitrogens with zero attached hydrogens (tertiary/aromatic N) is 3. The number of rotatable bonds is 2. The van der Waals surface area contributed by atoms with Crippen LogP contribution in [0.2, 0.25) is 0 Å². The Labute approximate surface area is 116 Å². The van der Waals surface area contributed by atoms with Crippen molar-refractivity contribution in [3.8, 4) is 0 Å². The van der Waals surface area contributed by atoms with Gasteiger partial charge in [0.1, 0.15) is 0 Å². The third kappa shape index (κ3) is 2.19. The fourth-order valence-corrected chi connectivity index (χ4v) is 3.62. The first-order valence-corrected chi connectivity index (χ1v) is 7.56. The molecular weight excluding hydrogens is 281 g/mol. The molecule has 0 N–H and O–H groups in total. The monoisotopic (exact) mass is 293 g/mol. The van der Waals surface area contributed by atoms with Crippen LogP contribution in [0.3, 0.4) is 0 Å². The van der Waals surface area contributed by atoms with E-state index >= 15 is 0 Å². The summed E-state index contributed by atoms with van der Waals surface area (Å²) in [7, 11) is -3.92. The number of hydrogen-bond donors (Lipinski definition) is 0. The van der Waals surface area contributed by atoms with Gasteiger partial charge in [0.05, 0.1) is 0 Å². The first-order chi connectivity index (χ1) is 9.59. The highest BCUT2D eigenvalue weighted by atomic mass is 32.2. The quantitative estimate of drug-likeness (QED) is 0.839. The zero-order valence-electron chi connectivity index (χ0n) is 10.5. The summed E-state index contributed by atoms with van der Waals surface area (Å²) in [6, 6.07) is 6.05. The van der Waals surface area contributed by atoms with Crippen LogP contribution in [0.4, 0.5) is 4.39 Å². The van der Waals surface area contributed by atoms with Gasteiger partial charge >= 0.3 is 0 Å². The summed E-state index contributed by atoms with van der Waals surface area (Å²) in [5, 5.41) is -0.521. The van der Waals surface area contributed by atoms with Crippen LogP contribution in [-0.4, -0.2) is 29.2 Å². The molecule has 0 unspecified atom stereocenters. The SMILES string of the molecule is O=S(=O)(c1ncccc1F)N1CCc2ncccc2C1. The summed E-state index contributed by atoms with van der Waals surface area (Å²) >= 11 is 0. The van der Waals surface area contributed by atoms with Crippen LogP contribution in [0.15, 0.2) is 41.7 Å². The van der Waals surface area contributed by atoms with Crippen molar-refractivity contribution in [2.24, 2.45) is 0 Å². The van der Waals surface area contributed by atoms with Crippen LogP contribution in [0.25, 0.3) is 0 Å². The largest absolute Gasteiger partial charge is 0.263 e. The van der Waals surface area contributed by atoms with Crippen LogP contribution in [0.1, 0.15) is 11.3 Å². The van der Waals surface area contributed by atoms with Gasteiger partial charge in [-0.05, 0) is 23.8 Å². The van der Waals surface area contributed by atoms with Crippen molar-refractivity contribution in [3.63, 3.8) is 0 Å². The second-order valence-electron chi connectivity index (χ2n) is 4.49. The van der Waals surface area contributed by atoms with E-state index in [2.05, 4.69) is 9.97 Å². The summed E-state index contributed by atoms with van der Waals surface area (Å²) < 4.78 is 39.7. The summed E-state index contributed by atoms with van der Waals surface area (Å²) in [6.45, 7) is 0.476. The Balaban J connectivity index is 1.97. The second kappa shape index (κ2) is 4.92. The molecule has 2 aromatic heterocycles. The zero-order valence-corrected chi connectivity index (χ0v) is 11.3. The van der Waals surface area contributed by atoms with Crippen molar-refractivity contribution >= 4 is 10.0 Å². The molecule has 0 saturated carbocycles. The molecule has 0 spiro atoms. The smallest absolute Gasteiger partial charge is 0.261 e. The van der Waals surface area contributed by atoms with E-state index in [1.807, 2.05) is 6.07 Å². The maximum atomic E-state index is 13.7. The van der Waals surface area contributed by atoms with E-state index in [1.165, 1.54) is 16.6 Å². The standard InChI is InChI=1S/C13H12FN3O2S/c14-11-4-2-7-16-13(11)20(18,19)17-8-5-12-10(9-17)3-1-6-15-12/h1-4,6-7H,5,8-9H2. The number of hydrogen-bond acceptors (Lipinski definition) is 4. The highest BCUT2D eigenvalue weighted by Crippen LogP contribution is 2.23. The molecule has 3 rings (SSSR count). The Morgan fingerprint density at radius 2 is 1.90 bits per heavy atom. The Hall–Kier alpha value is -1.86. The predicted octanol–water partition coefficient (Wildman–Crippen LogP) is 1.36. The molecule has 0 aliphatic carbocycles. The summed E-state index contributed by atoms with van der Waals surface area (Å²) in [5.74, 6) is -0.829. The third-order valence-electron chi connectivity index (χ3n) is 3.24. The molecule has 0 saturated heterocycles. The lowest BCUT2D eigenvalue weighted by molar-refractivity contribution is 0.382. The Bertz CT molecular complexity index is 749. The van der Waals surface area contributed by atoms with E-state index in [0.29, 0.717) is 6.42 Å². The van der Waals surface area contributed by atoms with Gasteiger partial charge in [0.2, 0.25) is 5.03 Å². The van der Waals surface area contributed by atoms with Gasteiger partial charge in [-0.1, -0.05) is 6.07 Å². The van der Waals surface area contributed by atoms with Crippen molar-refractivity contribution in [1.82, 2.24) is 14.3 Å². The van der Waals surface area contributed by atoms with Gasteiger partial charge in [0, 0.05) is 37.6 Å². The van der Waals surface area contributed by atoms with E-state index in [9.17, 15) is 12.8 Å². The highest BCUT2D eigenvalue weighted by molar-refractivity contribution is 7.89. The minimum atomic E-state index is -3.92. The van der Waals surface area contributed by atoms with Gasteiger partial charge in [-0.25, -0.2) is 17.8 Å². The lowest BCUT2D eigenvalue weighted by atomic mass is 10.1. The van der Waals surface area contributed by atoms with Crippen molar-refractivity contribution in [1.29, 1.82) is 0 Å². The van der Waals surface area contributed by atoms with Crippen LogP contribution in [0.5, 0.6) is 0 Å². The number of sulfonamides is 1. The number of pyridine rings is 2. The van der Waals surface area contributed by atoms with E-state index in [0.717, 1.165) is 17.3 Å². The molecule has 0 fully saturated rings. The number of aromatic nitrogens is 2. The fourth-order valence-electron chi connectivity index (χ4n) is 2.23. The summed E-state index contributed by atoms with van der Waals surface area (Å²) in [5.41, 5.74) is 1.74. The van der Waals surface area contributed by atoms with Crippen molar-refractivity contribution < 1.29 is 12.8 Å². The molecular formula is C13H12FN3O2S. The molecule has 20 heavy (non-hydrogen) atoms. The van der Waals surface area contributed by atoms with Crippen LogP contribution in [0, 0.1) is 5.82 Å². The molecule has 0 radical (unpaired) electrons. The Morgan fingerprint density at radius 1 is 1.15 bits per heavy atom. The molecule has 3 heterocycles. The molecule has 1 aliphatic rings. The van der Waals surface area contributed by atoms with E-state index in [4.69, 9.17) is 0 Å². The predicted molar refractivity (Wildman–Crippen MR) is 69.7 cm³/mol. The third-order valence-corrected chi connectivity index (χ3v) is 5.02. The molecule has 1 aliphatic heterocycles. The van der Waals surface area contributed by atoms with Gasteiger partial charge in [-0.15, -0.1) is 0 Å². The molecule has 0 atom stereocenters. The number of fused-ring (bicyclic) bond motifs is 1. The molecule has 0 bridgehead atoms. The lowest BCUT2D eigenvalue weighted by Crippen LogP contribution is -2.37. The maximum absolute atomic E-state index is 13.7. The highest BCUT2D eigenvalue weighted by Gasteiger charge is 2.31. The number of halogens is 1. The average Bonchev–Trinajstić information content (AvgIpc) is 2.47. The van der Waals surface area contributed by atoms with Gasteiger partial charge in [0.15, 0.2) is 5.82 Å². The summed E-state index contributed by atoms with van der Waals surface area (Å²) in [4.78, 5) is 7.88. The maximum Gasteiger partial charge on any atom is 0.263 e. The van der Waals surface area contributed by atoms with Gasteiger partial charge in [0.25, 0.3) is 10.0 Å².